The van der Waals surface area contributed by atoms with E-state index in [9.17, 15) is 53.9 Å². The van der Waals surface area contributed by atoms with Gasteiger partial charge in [0, 0.05) is 65.3 Å². The van der Waals surface area contributed by atoms with Gasteiger partial charge in [-0.1, -0.05) is 24.3 Å². The molecule has 11 rings (SSSR count). The summed E-state index contributed by atoms with van der Waals surface area (Å²) in [5, 5.41) is 14.6. The molecule has 0 atom stereocenters. The van der Waals surface area contributed by atoms with Gasteiger partial charge in [0.1, 0.15) is 33.0 Å². The first-order valence-electron chi connectivity index (χ1n) is 25.9. The first kappa shape index (κ1) is 57.0. The number of fused-ring (bicyclic) bond motifs is 2. The van der Waals surface area contributed by atoms with E-state index < -0.39 is 77.0 Å². The molecule has 0 bridgehead atoms. The van der Waals surface area contributed by atoms with Crippen LogP contribution in [0.2, 0.25) is 0 Å². The largest absolute Gasteiger partial charge is 0.390 e. The molecule has 2 saturated carbocycles. The van der Waals surface area contributed by atoms with Gasteiger partial charge >= 0.3 is 12.4 Å². The van der Waals surface area contributed by atoms with Crippen LogP contribution in [0.5, 0.6) is 0 Å². The first-order chi connectivity index (χ1) is 38.5. The molecule has 1 aliphatic heterocycles. The van der Waals surface area contributed by atoms with Crippen molar-refractivity contribution < 1.29 is 58.3 Å². The summed E-state index contributed by atoms with van der Waals surface area (Å²) in [6.07, 6.45) is -2.69. The van der Waals surface area contributed by atoms with Gasteiger partial charge in [-0.2, -0.15) is 36.5 Å². The molecule has 0 unspecified atom stereocenters. The van der Waals surface area contributed by atoms with Crippen LogP contribution in [0.15, 0.2) is 97.3 Å². The number of hydrogen-bond acceptors (Lipinski definition) is 11. The topological polar surface area (TPSA) is 136 Å². The van der Waals surface area contributed by atoms with Crippen LogP contribution in [0.4, 0.5) is 55.3 Å². The monoisotopic (exact) mass is 1160 g/mol. The number of nitrogens with one attached hydrogen (secondary N) is 2. The van der Waals surface area contributed by atoms with Crippen molar-refractivity contribution >= 4 is 63.5 Å². The SMILES string of the molecule is Cc1cc(-c2cnc3c(NCCC(F)(F)F)cc(C(=O)c4cc(F)ccc4F)nn23)ccc1C(=O)CC1CC1.Cc1cc(-c2cnc3c(NCCC(F)(F)F)cc(C4(c5cc(F)ccc5F)SCCS4)nn23)ccc1C(=O)CC1CC1. The number of rotatable bonds is 18. The van der Waals surface area contributed by atoms with Crippen molar-refractivity contribution in [2.75, 3.05) is 35.2 Å². The van der Waals surface area contributed by atoms with Crippen molar-refractivity contribution in [3.8, 4) is 22.5 Å². The number of thioether (sulfide) groups is 2. The summed E-state index contributed by atoms with van der Waals surface area (Å²) < 4.78 is 137. The van der Waals surface area contributed by atoms with Gasteiger partial charge in [0.15, 0.2) is 22.9 Å². The fraction of sp³-hybridized carbons (Fsp3) is 0.328. The average molecular weight is 1160 g/mol. The number of anilines is 2. The normalized spacial score (nSPS) is 15.2. The number of aromatic nitrogens is 6. The van der Waals surface area contributed by atoms with Gasteiger partial charge in [0.2, 0.25) is 5.78 Å². The average Bonchev–Trinajstić information content (AvgIpc) is 4.47. The number of imidazole rings is 2. The lowest BCUT2D eigenvalue weighted by Crippen LogP contribution is -2.23. The zero-order chi connectivity index (χ0) is 57.5. The summed E-state index contributed by atoms with van der Waals surface area (Å²) in [7, 11) is 0. The Morgan fingerprint density at radius 1 is 0.593 bits per heavy atom. The molecule has 23 heteroatoms. The van der Waals surface area contributed by atoms with E-state index in [-0.39, 0.29) is 34.2 Å². The van der Waals surface area contributed by atoms with E-state index in [4.69, 9.17) is 5.10 Å². The molecule has 0 amide bonds. The van der Waals surface area contributed by atoms with Crippen molar-refractivity contribution in [1.29, 1.82) is 0 Å². The van der Waals surface area contributed by atoms with E-state index in [0.717, 1.165) is 73.2 Å². The lowest BCUT2D eigenvalue weighted by molar-refractivity contribution is -0.132. The molecule has 3 fully saturated rings. The third-order valence-electron chi connectivity index (χ3n) is 14.1. The zero-order valence-electron chi connectivity index (χ0n) is 43.4. The Morgan fingerprint density at radius 3 is 1.57 bits per heavy atom. The molecule has 5 heterocycles. The van der Waals surface area contributed by atoms with Crippen molar-refractivity contribution in [3.63, 3.8) is 0 Å². The number of nitrogens with zero attached hydrogens (tertiary/aromatic N) is 6. The van der Waals surface area contributed by atoms with E-state index in [2.05, 4.69) is 25.7 Å². The first-order valence-corrected chi connectivity index (χ1v) is 27.9. The Morgan fingerprint density at radius 2 is 1.07 bits per heavy atom. The van der Waals surface area contributed by atoms with Gasteiger partial charge in [0.25, 0.3) is 0 Å². The standard InChI is InChI=1S/C30H27F5N4OS2.C28H23F5N4O2/c1-17-12-19(4-6-21(17)26(40)13-18-2-3-18)25-16-37-28-24(36-9-8-29(33,34)35)15-27(38-39(25)28)30(41-10-11-42-30)22-14-20(31)5-7-23(22)32;1-15-10-17(4-6-19(15)25(38)11-16-2-3-16)24-14-35-27-23(34-9-8-28(31,32)33)13-22(36-37(24)27)26(39)20-12-18(29)5-7-21(20)30/h4-7,12,14-16,18,36H,2-3,8-11,13H2,1H3;4-7,10,12-14,16,34H,2-3,8-9,11H2,1H3. The molecule has 0 spiro atoms. The minimum absolute atomic E-state index is 0.0546. The van der Waals surface area contributed by atoms with Gasteiger partial charge in [-0.3, -0.25) is 14.4 Å². The maximum absolute atomic E-state index is 15.2. The van der Waals surface area contributed by atoms with E-state index in [0.29, 0.717) is 86.9 Å². The molecule has 4 aromatic carbocycles. The summed E-state index contributed by atoms with van der Waals surface area (Å²) in [6, 6.07) is 19.1. The Labute approximate surface area is 465 Å². The second kappa shape index (κ2) is 22.9. The van der Waals surface area contributed by atoms with Gasteiger partial charge in [-0.25, -0.2) is 36.6 Å². The molecular formula is C58H50F10N8O3S2. The molecule has 1 saturated heterocycles. The minimum Gasteiger partial charge on any atom is -0.382 e. The Balaban J connectivity index is 0.000000182. The number of halogens is 10. The minimum atomic E-state index is -4.42. The predicted octanol–water partition coefficient (Wildman–Crippen LogP) is 14.6. The smallest absolute Gasteiger partial charge is 0.382 e. The number of carbonyl (C=O) groups excluding carboxylic acids is 3. The van der Waals surface area contributed by atoms with Crippen LogP contribution in [-0.4, -0.2) is 83.5 Å². The number of ketones is 3. The fourth-order valence-electron chi connectivity index (χ4n) is 9.61. The number of aryl methyl sites for hydroxylation is 2. The maximum atomic E-state index is 15.2. The molecule has 0 radical (unpaired) electrons. The van der Waals surface area contributed by atoms with Crippen LogP contribution in [0.3, 0.4) is 0 Å². The molecular weight excluding hydrogens is 1110 g/mol. The van der Waals surface area contributed by atoms with Crippen LogP contribution >= 0.6 is 23.5 Å². The molecule has 11 nitrogen and oxygen atoms in total. The highest BCUT2D eigenvalue weighted by Gasteiger charge is 2.44. The van der Waals surface area contributed by atoms with Gasteiger partial charge in [-0.15, -0.1) is 23.5 Å². The van der Waals surface area contributed by atoms with Crippen molar-refractivity contribution in [2.24, 2.45) is 11.8 Å². The lowest BCUT2D eigenvalue weighted by atomic mass is 9.98. The number of Topliss-reactive ketones (excluding diaryl/α,β-unsaturated/α-hetero) is 2. The van der Waals surface area contributed by atoms with Gasteiger partial charge in [-0.05, 0) is 123 Å². The number of benzene rings is 4. The van der Waals surface area contributed by atoms with E-state index in [1.54, 1.807) is 43.5 Å². The number of carbonyl (C=O) groups is 3. The highest BCUT2D eigenvalue weighted by atomic mass is 32.2. The molecule has 2 aliphatic carbocycles. The maximum Gasteiger partial charge on any atom is 0.390 e. The molecule has 422 valence electrons. The van der Waals surface area contributed by atoms with Crippen molar-refractivity contribution in [3.05, 3.63) is 165 Å². The third-order valence-corrected chi connectivity index (χ3v) is 17.5. The van der Waals surface area contributed by atoms with Crippen LogP contribution in [0.25, 0.3) is 33.8 Å². The van der Waals surface area contributed by atoms with Crippen LogP contribution in [0.1, 0.15) is 111 Å². The summed E-state index contributed by atoms with van der Waals surface area (Å²) in [6.45, 7) is 2.75. The summed E-state index contributed by atoms with van der Waals surface area (Å²) >= 11 is 2.80. The van der Waals surface area contributed by atoms with Crippen LogP contribution < -0.4 is 10.6 Å². The van der Waals surface area contributed by atoms with Gasteiger partial charge in [0.05, 0.1) is 59.3 Å². The predicted molar refractivity (Wildman–Crippen MR) is 290 cm³/mol. The summed E-state index contributed by atoms with van der Waals surface area (Å²) in [5.74, 6) is -1.62. The summed E-state index contributed by atoms with van der Waals surface area (Å²) in [5.41, 5.74) is 5.40. The molecule has 81 heavy (non-hydrogen) atoms. The van der Waals surface area contributed by atoms with E-state index >= 15 is 4.39 Å². The highest BCUT2D eigenvalue weighted by Crippen LogP contribution is 2.57. The number of hydrogen-bond donors (Lipinski definition) is 2. The quantitative estimate of drug-likeness (QED) is 0.0628. The number of alkyl halides is 6. The Hall–Kier alpha value is -7.27. The van der Waals surface area contributed by atoms with Crippen LogP contribution in [-0.2, 0) is 4.08 Å². The third kappa shape index (κ3) is 12.9. The fourth-order valence-corrected chi connectivity index (χ4v) is 12.8. The zero-order valence-corrected chi connectivity index (χ0v) is 45.0. The molecule has 4 aromatic heterocycles. The Kier molecular flexibility index (Phi) is 16.1. The van der Waals surface area contributed by atoms with E-state index in [1.807, 2.05) is 19.1 Å². The summed E-state index contributed by atoms with van der Waals surface area (Å²) in [4.78, 5) is 47.3. The van der Waals surface area contributed by atoms with Gasteiger partial charge < -0.3 is 10.6 Å². The molecule has 3 aliphatic rings. The van der Waals surface area contributed by atoms with E-state index in [1.165, 1.54) is 44.8 Å². The lowest BCUT2D eigenvalue weighted by Gasteiger charge is -2.28. The second-order valence-electron chi connectivity index (χ2n) is 20.3. The van der Waals surface area contributed by atoms with Crippen LogP contribution in [0, 0.1) is 49.0 Å². The van der Waals surface area contributed by atoms with Crippen molar-refractivity contribution in [2.45, 2.75) is 81.6 Å². The second-order valence-corrected chi connectivity index (χ2v) is 23.2. The molecule has 2 N–H and O–H groups in total. The Bertz CT molecular complexity index is 3740. The van der Waals surface area contributed by atoms with Crippen molar-refractivity contribution in [1.82, 2.24) is 29.2 Å². The highest BCUT2D eigenvalue weighted by molar-refractivity contribution is 8.20. The molecule has 8 aromatic rings.